The summed E-state index contributed by atoms with van der Waals surface area (Å²) in [4.78, 5) is 12.5. The van der Waals surface area contributed by atoms with Crippen LogP contribution in [0.3, 0.4) is 0 Å². The summed E-state index contributed by atoms with van der Waals surface area (Å²) in [5.41, 5.74) is -1.92. The lowest BCUT2D eigenvalue weighted by atomic mass is 10.1. The number of carbonyl (C=O) groups excluding carboxylic acids is 1. The molecule has 2 heterocycles. The number of hydrogen-bond acceptors (Lipinski definition) is 5. The largest absolute Gasteiger partial charge is 0.467 e. The van der Waals surface area contributed by atoms with Crippen molar-refractivity contribution in [1.82, 2.24) is 14.8 Å². The first-order chi connectivity index (χ1) is 17.4. The van der Waals surface area contributed by atoms with Gasteiger partial charge in [-0.2, -0.15) is 26.3 Å². The molecule has 2 aromatic heterocycles. The van der Waals surface area contributed by atoms with Crippen molar-refractivity contribution in [3.8, 4) is 11.4 Å². The predicted molar refractivity (Wildman–Crippen MR) is 124 cm³/mol. The number of hydrogen-bond donors (Lipinski definition) is 1. The molecule has 0 aliphatic heterocycles. The lowest BCUT2D eigenvalue weighted by Gasteiger charge is -2.14. The van der Waals surface area contributed by atoms with E-state index in [2.05, 4.69) is 15.5 Å². The zero-order valence-corrected chi connectivity index (χ0v) is 19.8. The van der Waals surface area contributed by atoms with Crippen LogP contribution < -0.4 is 5.32 Å². The van der Waals surface area contributed by atoms with Crippen LogP contribution in [0.4, 0.5) is 32.0 Å². The van der Waals surface area contributed by atoms with E-state index in [4.69, 9.17) is 4.42 Å². The molecule has 0 saturated heterocycles. The van der Waals surface area contributed by atoms with Crippen LogP contribution in [-0.4, -0.2) is 26.4 Å². The maximum absolute atomic E-state index is 13.1. The lowest BCUT2D eigenvalue weighted by molar-refractivity contribution is -0.143. The zero-order valence-electron chi connectivity index (χ0n) is 19.0. The van der Waals surface area contributed by atoms with Gasteiger partial charge in [-0.1, -0.05) is 35.5 Å². The number of aryl methyl sites for hydroxylation is 1. The Morgan fingerprint density at radius 2 is 1.68 bits per heavy atom. The Balaban J connectivity index is 1.55. The number of thioether (sulfide) groups is 1. The van der Waals surface area contributed by atoms with Gasteiger partial charge in [0.2, 0.25) is 5.91 Å². The van der Waals surface area contributed by atoms with E-state index in [-0.39, 0.29) is 18.4 Å². The third kappa shape index (κ3) is 6.53. The third-order valence-electron chi connectivity index (χ3n) is 5.09. The standard InChI is InChI=1S/C24H18F6N4O2S/c1-14-4-2-5-15(8-14)21-32-33-22(34(21)12-19-6-3-7-36-19)37-13-20(35)31-18-10-16(23(25,26)27)9-17(11-18)24(28,29)30/h2-11H,12-13H2,1H3,(H,31,35). The number of carbonyl (C=O) groups is 1. The monoisotopic (exact) mass is 540 g/mol. The Morgan fingerprint density at radius 1 is 0.973 bits per heavy atom. The van der Waals surface area contributed by atoms with Gasteiger partial charge >= 0.3 is 12.4 Å². The average molecular weight is 540 g/mol. The molecule has 4 aromatic rings. The van der Waals surface area contributed by atoms with E-state index in [1.165, 1.54) is 6.26 Å². The Bertz CT molecular complexity index is 1360. The molecular formula is C24H18F6N4O2S. The van der Waals surface area contributed by atoms with Crippen LogP contribution in [0.2, 0.25) is 0 Å². The number of aromatic nitrogens is 3. The lowest BCUT2D eigenvalue weighted by Crippen LogP contribution is -2.17. The second-order valence-corrected chi connectivity index (χ2v) is 8.92. The van der Waals surface area contributed by atoms with Crippen molar-refractivity contribution in [3.63, 3.8) is 0 Å². The van der Waals surface area contributed by atoms with Crippen LogP contribution >= 0.6 is 11.8 Å². The quantitative estimate of drug-likeness (QED) is 0.210. The van der Waals surface area contributed by atoms with Gasteiger partial charge in [0.05, 0.1) is 29.7 Å². The Kier molecular flexibility index (Phi) is 7.35. The molecule has 0 aliphatic rings. The van der Waals surface area contributed by atoms with Crippen molar-refractivity contribution >= 4 is 23.4 Å². The van der Waals surface area contributed by atoms with Gasteiger partial charge in [0.25, 0.3) is 0 Å². The predicted octanol–water partition coefficient (Wildman–Crippen LogP) is 6.66. The van der Waals surface area contributed by atoms with Gasteiger partial charge in [0.1, 0.15) is 5.76 Å². The van der Waals surface area contributed by atoms with Crippen molar-refractivity contribution in [2.24, 2.45) is 0 Å². The van der Waals surface area contributed by atoms with Crippen molar-refractivity contribution in [2.75, 3.05) is 11.1 Å². The highest BCUT2D eigenvalue weighted by molar-refractivity contribution is 7.99. The molecule has 0 radical (unpaired) electrons. The number of benzene rings is 2. The summed E-state index contributed by atoms with van der Waals surface area (Å²) in [6.07, 6.45) is -8.55. The molecule has 194 valence electrons. The molecule has 4 rings (SSSR count). The first kappa shape index (κ1) is 26.3. The molecular weight excluding hydrogens is 522 g/mol. The van der Waals surface area contributed by atoms with E-state index in [0.29, 0.717) is 28.9 Å². The number of rotatable bonds is 7. The van der Waals surface area contributed by atoms with Crippen LogP contribution in [0.25, 0.3) is 11.4 Å². The first-order valence-electron chi connectivity index (χ1n) is 10.6. The van der Waals surface area contributed by atoms with Crippen molar-refractivity contribution in [1.29, 1.82) is 0 Å². The molecule has 13 heteroatoms. The molecule has 0 atom stereocenters. The van der Waals surface area contributed by atoms with E-state index in [0.717, 1.165) is 22.9 Å². The van der Waals surface area contributed by atoms with Crippen LogP contribution in [0.1, 0.15) is 22.5 Å². The first-order valence-corrected chi connectivity index (χ1v) is 11.6. The molecule has 0 spiro atoms. The van der Waals surface area contributed by atoms with Crippen molar-refractivity contribution in [2.45, 2.75) is 31.0 Å². The molecule has 0 aliphatic carbocycles. The minimum absolute atomic E-state index is 0.00561. The summed E-state index contributed by atoms with van der Waals surface area (Å²) in [7, 11) is 0. The maximum Gasteiger partial charge on any atom is 0.416 e. The number of nitrogens with one attached hydrogen (secondary N) is 1. The molecule has 0 bridgehead atoms. The summed E-state index contributed by atoms with van der Waals surface area (Å²) in [6, 6.07) is 11.8. The van der Waals surface area contributed by atoms with E-state index in [1.807, 2.05) is 31.2 Å². The summed E-state index contributed by atoms with van der Waals surface area (Å²) in [6.45, 7) is 2.14. The van der Waals surface area contributed by atoms with Gasteiger partial charge < -0.3 is 9.73 Å². The third-order valence-corrected chi connectivity index (χ3v) is 6.06. The van der Waals surface area contributed by atoms with Crippen LogP contribution in [0, 0.1) is 6.92 Å². The fourth-order valence-electron chi connectivity index (χ4n) is 3.45. The van der Waals surface area contributed by atoms with E-state index >= 15 is 0 Å². The number of halogens is 6. The molecule has 2 aromatic carbocycles. The summed E-state index contributed by atoms with van der Waals surface area (Å²) < 4.78 is 85.7. The Hall–Kier alpha value is -3.74. The Morgan fingerprint density at radius 3 is 2.27 bits per heavy atom. The van der Waals surface area contributed by atoms with E-state index in [9.17, 15) is 31.1 Å². The van der Waals surface area contributed by atoms with Gasteiger partial charge in [-0.05, 0) is 43.3 Å². The minimum Gasteiger partial charge on any atom is -0.467 e. The number of anilines is 1. The Labute approximate surface area is 210 Å². The second kappa shape index (κ2) is 10.3. The minimum atomic E-state index is -5.02. The molecule has 6 nitrogen and oxygen atoms in total. The molecule has 0 fully saturated rings. The van der Waals surface area contributed by atoms with Crippen LogP contribution in [0.15, 0.2) is 70.4 Å². The second-order valence-electron chi connectivity index (χ2n) is 7.97. The normalized spacial score (nSPS) is 12.1. The molecule has 0 saturated carbocycles. The number of furan rings is 1. The molecule has 1 N–H and O–H groups in total. The van der Waals surface area contributed by atoms with E-state index in [1.54, 1.807) is 16.7 Å². The van der Waals surface area contributed by atoms with Gasteiger partial charge in [0.15, 0.2) is 11.0 Å². The van der Waals surface area contributed by atoms with Gasteiger partial charge in [-0.15, -0.1) is 10.2 Å². The summed E-state index contributed by atoms with van der Waals surface area (Å²) in [5, 5.41) is 10.8. The highest BCUT2D eigenvalue weighted by Crippen LogP contribution is 2.37. The highest BCUT2D eigenvalue weighted by atomic mass is 32.2. The van der Waals surface area contributed by atoms with Crippen LogP contribution in [-0.2, 0) is 23.7 Å². The molecule has 0 unspecified atom stereocenters. The number of amides is 1. The van der Waals surface area contributed by atoms with Gasteiger partial charge in [-0.25, -0.2) is 0 Å². The smallest absolute Gasteiger partial charge is 0.416 e. The topological polar surface area (TPSA) is 73.0 Å². The van der Waals surface area contributed by atoms with Crippen molar-refractivity contribution in [3.05, 3.63) is 83.3 Å². The number of alkyl halides is 6. The van der Waals surface area contributed by atoms with Gasteiger partial charge in [0, 0.05) is 11.3 Å². The van der Waals surface area contributed by atoms with Crippen molar-refractivity contribution < 1.29 is 35.6 Å². The van der Waals surface area contributed by atoms with Gasteiger partial charge in [-0.3, -0.25) is 9.36 Å². The fourth-order valence-corrected chi connectivity index (χ4v) is 4.19. The highest BCUT2D eigenvalue weighted by Gasteiger charge is 2.37. The number of nitrogens with zero attached hydrogens (tertiary/aromatic N) is 3. The average Bonchev–Trinajstić information content (AvgIpc) is 3.47. The molecule has 1 amide bonds. The molecule has 37 heavy (non-hydrogen) atoms. The van der Waals surface area contributed by atoms with Crippen LogP contribution in [0.5, 0.6) is 0 Å². The summed E-state index contributed by atoms with van der Waals surface area (Å²) in [5.74, 6) is -0.0803. The fraction of sp³-hybridized carbons (Fsp3) is 0.208. The SMILES string of the molecule is Cc1cccc(-c2nnc(SCC(=O)Nc3cc(C(F)(F)F)cc(C(F)(F)F)c3)n2Cc2ccco2)c1. The zero-order chi connectivity index (χ0) is 26.8. The summed E-state index contributed by atoms with van der Waals surface area (Å²) >= 11 is 0.927. The van der Waals surface area contributed by atoms with E-state index < -0.39 is 35.1 Å². The maximum atomic E-state index is 13.1.